The highest BCUT2D eigenvalue weighted by Gasteiger charge is 2.52. The number of amides is 1. The maximum absolute atomic E-state index is 16.6. The van der Waals surface area contributed by atoms with Crippen molar-refractivity contribution >= 4 is 107 Å². The van der Waals surface area contributed by atoms with Crippen LogP contribution in [0.4, 0.5) is 34.3 Å². The Morgan fingerprint density at radius 2 is 0.711 bits per heavy atom. The molecule has 0 aromatic carbocycles. The number of ether oxygens (including phenoxy) is 8. The van der Waals surface area contributed by atoms with Gasteiger partial charge >= 0.3 is 55.8 Å². The van der Waals surface area contributed by atoms with Crippen LogP contribution in [0.2, 0.25) is 0 Å². The van der Waals surface area contributed by atoms with Gasteiger partial charge in [-0.3, -0.25) is 79.9 Å². The molecule has 0 radical (unpaired) electrons. The molecule has 58 nitrogen and oxygen atoms in total. The Labute approximate surface area is 772 Å². The molecule has 14 N–H and O–H groups in total. The number of nitrogens with two attached hydrogens (primary N) is 5. The number of aromatic nitrogens is 16. The van der Waals surface area contributed by atoms with Gasteiger partial charge in [-0.25, -0.2) is 76.0 Å². The SMILES string of the molecule is CC(C)N1C[C@@H](COP(=O)(N(C)C)N2C[C@@H](COP(=O)(N(C)C)N3C[C@@H](COP(=O)(N(C)C)N4C[C@@H](COP(=O)(N(C)C)N5C[C@@H](COP(=O)(N(C)C)N6CCN(C(=O)OCCOCCOCCO)CC6)O[C@@H](n6cnc7c(=O)[nH]c(N)nc76)C5)O[C@@H](n5ccc(N)nc5=O)C4)O[C@@H](n4cnc5c(=O)[nH]c(N)nc54)C3)O[C@@H](n3cnc4c(=O)[nH]c(N)nc43)C2)O[C@@H](n2ccc(N)nc2=O)C1. The third kappa shape index (κ3) is 22.6. The van der Waals surface area contributed by atoms with Gasteiger partial charge in [-0.1, -0.05) is 0 Å². The van der Waals surface area contributed by atoms with Crippen molar-refractivity contribution in [1.82, 2.24) is 134 Å². The zero-order chi connectivity index (χ0) is 97.1. The molecule has 63 heteroatoms. The number of nitrogen functional groups attached to an aromatic ring is 5. The number of hydrogen-bond acceptors (Lipinski definition) is 39. The minimum absolute atomic E-state index is 0.0000834. The van der Waals surface area contributed by atoms with Crippen molar-refractivity contribution in [2.45, 2.75) is 81.5 Å². The summed E-state index contributed by atoms with van der Waals surface area (Å²) in [6.45, 7) is 0.883. The van der Waals surface area contributed by atoms with Gasteiger partial charge in [0.05, 0.1) is 142 Å². The van der Waals surface area contributed by atoms with Crippen molar-refractivity contribution < 1.29 is 93.2 Å². The summed E-state index contributed by atoms with van der Waals surface area (Å²) >= 11 is 0. The molecule has 6 saturated heterocycles. The van der Waals surface area contributed by atoms with E-state index in [9.17, 15) is 28.8 Å². The third-order valence-corrected chi connectivity index (χ3v) is 35.8. The summed E-state index contributed by atoms with van der Waals surface area (Å²) < 4.78 is 185. The molecular weight excluding hydrogens is 1880 g/mol. The van der Waals surface area contributed by atoms with Crippen LogP contribution in [0.1, 0.15) is 45.0 Å². The monoisotopic (exact) mass is 2000 g/mol. The topological polar surface area (TPSA) is 672 Å². The predicted octanol–water partition coefficient (Wildman–Crippen LogP) is -1.57. The molecule has 8 aromatic rings. The fourth-order valence-electron chi connectivity index (χ4n) is 16.2. The van der Waals surface area contributed by atoms with E-state index < -0.39 is 161 Å². The van der Waals surface area contributed by atoms with Crippen LogP contribution >= 0.6 is 38.4 Å². The van der Waals surface area contributed by atoms with Gasteiger partial charge < -0.3 is 99.2 Å². The van der Waals surface area contributed by atoms with Gasteiger partial charge in [-0.15, -0.1) is 0 Å². The molecule has 14 rings (SSSR count). The molecule has 746 valence electrons. The lowest BCUT2D eigenvalue weighted by Crippen LogP contribution is -2.52. The van der Waals surface area contributed by atoms with E-state index in [-0.39, 0.29) is 194 Å². The van der Waals surface area contributed by atoms with E-state index >= 15 is 22.8 Å². The van der Waals surface area contributed by atoms with Crippen LogP contribution in [0, 0.1) is 0 Å². The number of carbonyl (C=O) groups excluding carboxylic acids is 1. The van der Waals surface area contributed by atoms with Crippen molar-refractivity contribution in [3.63, 3.8) is 0 Å². The molecule has 0 aliphatic carbocycles. The Morgan fingerprint density at radius 3 is 1.02 bits per heavy atom. The Balaban J connectivity index is 0.723. The molecule has 14 heterocycles. The van der Waals surface area contributed by atoms with Crippen molar-refractivity contribution in [3.05, 3.63) is 95.5 Å². The van der Waals surface area contributed by atoms with Crippen LogP contribution in [0.3, 0.4) is 0 Å². The van der Waals surface area contributed by atoms with Gasteiger partial charge in [0.25, 0.3) is 16.7 Å². The van der Waals surface area contributed by atoms with E-state index in [0.29, 0.717) is 13.1 Å². The summed E-state index contributed by atoms with van der Waals surface area (Å²) in [5, 5.41) is 8.94. The van der Waals surface area contributed by atoms with Gasteiger partial charge in [-0.2, -0.15) is 24.9 Å². The molecule has 6 aliphatic rings. The van der Waals surface area contributed by atoms with Gasteiger partial charge in [0.1, 0.15) is 36.9 Å². The van der Waals surface area contributed by atoms with E-state index in [4.69, 9.17) is 94.3 Å². The number of fused-ring (bicyclic) bond motifs is 3. The molecular formula is C72H118N33O25P5. The number of hydrogen-bond donors (Lipinski definition) is 9. The number of nitrogens with zero attached hydrogens (tertiary/aromatic N) is 25. The molecule has 0 bridgehead atoms. The molecule has 1 amide bonds. The van der Waals surface area contributed by atoms with Crippen LogP contribution < -0.4 is 56.7 Å². The van der Waals surface area contributed by atoms with Crippen molar-refractivity contribution in [1.29, 1.82) is 0 Å². The summed E-state index contributed by atoms with van der Waals surface area (Å²) in [5.74, 6) is -0.889. The quantitative estimate of drug-likeness (QED) is 0.0155. The Kier molecular flexibility index (Phi) is 32.5. The number of aliphatic hydroxyl groups is 1. The molecule has 8 aromatic heterocycles. The van der Waals surface area contributed by atoms with E-state index in [1.807, 2.05) is 13.8 Å². The minimum atomic E-state index is -4.54. The van der Waals surface area contributed by atoms with Gasteiger partial charge in [0.15, 0.2) is 45.9 Å². The smallest absolute Gasteiger partial charge is 0.409 e. The highest BCUT2D eigenvalue weighted by molar-refractivity contribution is 7.55. The maximum atomic E-state index is 16.6. The Hall–Kier alpha value is -8.73. The highest BCUT2D eigenvalue weighted by atomic mass is 31.2. The largest absolute Gasteiger partial charge is 0.447 e. The first-order valence-electron chi connectivity index (χ1n) is 43.0. The van der Waals surface area contributed by atoms with E-state index in [1.54, 1.807) is 32.9 Å². The lowest BCUT2D eigenvalue weighted by atomic mass is 10.2. The van der Waals surface area contributed by atoms with Crippen LogP contribution in [-0.2, 0) is 83.3 Å². The van der Waals surface area contributed by atoms with Crippen LogP contribution in [0.5, 0.6) is 0 Å². The summed E-state index contributed by atoms with van der Waals surface area (Å²) in [6.07, 6.45) is -5.40. The number of rotatable bonds is 39. The fourth-order valence-corrected chi connectivity index (χ4v) is 26.1. The predicted molar refractivity (Wildman–Crippen MR) is 485 cm³/mol. The van der Waals surface area contributed by atoms with Crippen LogP contribution in [0.25, 0.3) is 33.5 Å². The second kappa shape index (κ2) is 42.9. The molecule has 0 spiro atoms. The number of anilines is 5. The standard InChI is InChI=1S/C72H118N33O25P5/c1-45(2)95-27-46(126-53(32-95)101-15-13-51(73)81-70(101)110)37-122-133(115,91(7)8)98-30-49(129-56(34-98)104-43-79-59-62(104)84-68(76)87-65(59)108)41-125-135(117,93(11)12)100-31-50(130-57(36-100)105-44-80-60-63(105)85-69(77)88-66(60)109)40-124-132(114,90(5)6)97-28-47(127-54(33-97)102-16-14-52(74)82-71(102)111)39-123-134(116,92(9)10)99-29-48(128-55(35-99)103-42-78-58-61(103)83-67(75)86-64(58)107)38-121-131(113,89(3)4)96-19-17-94(18-20-96)72(112)120-26-25-119-24-23-118-22-21-106/h13-16,42-50,53-57,106H,17-41H2,1-12H3,(H2,73,81,110)(H2,74,82,111)(H3,75,83,86,107)(H3,76,84,87,108)(H3,77,85,88,109)/t46-,47-,48-,49-,50-,53+,54+,55+,56+,57+,131?,132?,133?,134?,135?/m0/s1. The maximum Gasteiger partial charge on any atom is 0.409 e. The summed E-state index contributed by atoms with van der Waals surface area (Å²) in [7, 11) is -6.47. The van der Waals surface area contributed by atoms with Crippen LogP contribution in [-0.4, -0.2) is 417 Å². The zero-order valence-electron chi connectivity index (χ0n) is 76.6. The average Bonchev–Trinajstić information content (AvgIpc) is 1.58. The molecule has 0 saturated carbocycles. The summed E-state index contributed by atoms with van der Waals surface area (Å²) in [6, 6.07) is 2.79. The number of carbonyl (C=O) groups is 1. The van der Waals surface area contributed by atoms with E-state index in [1.165, 1.54) is 151 Å². The lowest BCUT2D eigenvalue weighted by molar-refractivity contribution is -0.142. The second-order valence-electron chi connectivity index (χ2n) is 33.7. The summed E-state index contributed by atoms with van der Waals surface area (Å²) in [4.78, 5) is 125. The fraction of sp³-hybridized carbons (Fsp3) is 0.667. The molecule has 15 atom stereocenters. The number of piperazine rings is 1. The number of H-pyrrole nitrogens is 3. The van der Waals surface area contributed by atoms with Crippen LogP contribution in [0.15, 0.2) is 67.5 Å². The normalized spacial score (nSPS) is 25.0. The molecule has 5 unspecified atom stereocenters. The third-order valence-electron chi connectivity index (χ3n) is 23.1. The minimum Gasteiger partial charge on any atom is -0.447 e. The summed E-state index contributed by atoms with van der Waals surface area (Å²) in [5.41, 5.74) is 26.3. The number of imidazole rings is 3. The van der Waals surface area contributed by atoms with Crippen molar-refractivity contribution in [2.75, 3.05) is 263 Å². The first-order chi connectivity index (χ1) is 64.1. The van der Waals surface area contributed by atoms with E-state index in [2.05, 4.69) is 59.7 Å². The first kappa shape index (κ1) is 102. The highest BCUT2D eigenvalue weighted by Crippen LogP contribution is 2.61. The molecule has 6 fully saturated rings. The van der Waals surface area contributed by atoms with E-state index in [0.717, 1.165) is 4.57 Å². The zero-order valence-corrected chi connectivity index (χ0v) is 81.1. The van der Waals surface area contributed by atoms with Crippen molar-refractivity contribution in [3.8, 4) is 0 Å². The number of morpholine rings is 5. The number of aliphatic hydroxyl groups excluding tert-OH is 1. The van der Waals surface area contributed by atoms with Gasteiger partial charge in [-0.05, 0) is 96.5 Å². The first-order valence-corrected chi connectivity index (χ1v) is 50.7. The Bertz CT molecular complexity index is 6070. The van der Waals surface area contributed by atoms with Gasteiger partial charge in [0.2, 0.25) is 17.8 Å². The number of aromatic amines is 3. The molecule has 6 aliphatic heterocycles. The number of nitrogens with one attached hydrogen (secondary N) is 3. The Morgan fingerprint density at radius 1 is 0.415 bits per heavy atom. The molecule has 135 heavy (non-hydrogen) atoms. The second-order valence-corrected chi connectivity index (χ2v) is 46.7. The lowest BCUT2D eigenvalue weighted by Gasteiger charge is -2.46. The van der Waals surface area contributed by atoms with Gasteiger partial charge in [0, 0.05) is 83.9 Å². The van der Waals surface area contributed by atoms with Crippen molar-refractivity contribution in [2.24, 2.45) is 0 Å². The average molecular weight is 2000 g/mol.